The van der Waals surface area contributed by atoms with Crippen molar-refractivity contribution < 1.29 is 14.3 Å². The van der Waals surface area contributed by atoms with Gasteiger partial charge in [-0.25, -0.2) is 0 Å². The first-order valence-corrected chi connectivity index (χ1v) is 16.3. The number of rotatable bonds is 4. The van der Waals surface area contributed by atoms with E-state index in [1.165, 1.54) is 27.8 Å². The summed E-state index contributed by atoms with van der Waals surface area (Å²) in [5.41, 5.74) is 9.94. The molecule has 0 aromatic heterocycles. The van der Waals surface area contributed by atoms with E-state index in [4.69, 9.17) is 4.52 Å². The van der Waals surface area contributed by atoms with E-state index in [1.807, 2.05) is 6.07 Å². The van der Waals surface area contributed by atoms with Gasteiger partial charge in [-0.15, -0.1) is 0 Å². The summed E-state index contributed by atoms with van der Waals surface area (Å²) in [5.74, 6) is 0.489. The molecule has 0 bridgehead atoms. The molecule has 4 heteroatoms. The monoisotopic (exact) mass is 590 g/mol. The van der Waals surface area contributed by atoms with Gasteiger partial charge in [0.2, 0.25) is 0 Å². The van der Waals surface area contributed by atoms with E-state index >= 15 is 0 Å². The zero-order valence-electron chi connectivity index (χ0n) is 28.9. The lowest BCUT2D eigenvalue weighted by Gasteiger charge is -2.34. The molecule has 0 fully saturated rings. The van der Waals surface area contributed by atoms with Gasteiger partial charge in [-0.3, -0.25) is 0 Å². The molecule has 0 aliphatic rings. The second-order valence-corrected chi connectivity index (χ2v) is 17.7. The predicted octanol–water partition coefficient (Wildman–Crippen LogP) is 11.1. The highest BCUT2D eigenvalue weighted by atomic mass is 31.2. The van der Waals surface area contributed by atoms with E-state index in [0.717, 1.165) is 22.3 Å². The molecule has 0 saturated heterocycles. The van der Waals surface area contributed by atoms with E-state index < -0.39 is 8.60 Å². The minimum atomic E-state index is -2.62. The Labute approximate surface area is 257 Å². The van der Waals surface area contributed by atoms with E-state index in [0.29, 0.717) is 5.75 Å². The van der Waals surface area contributed by atoms with Crippen molar-refractivity contribution in [1.29, 1.82) is 0 Å². The van der Waals surface area contributed by atoms with Crippen molar-refractivity contribution in [2.45, 2.75) is 131 Å². The molecule has 230 valence electrons. The van der Waals surface area contributed by atoms with Crippen LogP contribution in [0.3, 0.4) is 0 Å². The van der Waals surface area contributed by atoms with Gasteiger partial charge in [0.05, 0.1) is 0 Å². The quantitative estimate of drug-likeness (QED) is 0.297. The van der Waals surface area contributed by atoms with Gasteiger partial charge in [-0.1, -0.05) is 146 Å². The van der Waals surface area contributed by atoms with Gasteiger partial charge in [-0.05, 0) is 77.6 Å². The summed E-state index contributed by atoms with van der Waals surface area (Å²) in [6.45, 7) is 33.8. The molecule has 3 aromatic rings. The Bertz CT molecular complexity index is 1430. The zero-order valence-corrected chi connectivity index (χ0v) is 29.8. The Morgan fingerprint density at radius 2 is 0.833 bits per heavy atom. The molecule has 0 spiro atoms. The van der Waals surface area contributed by atoms with Crippen LogP contribution in [0, 0.1) is 0 Å². The second kappa shape index (κ2) is 11.4. The molecular weight excluding hydrogens is 535 g/mol. The van der Waals surface area contributed by atoms with Crippen molar-refractivity contribution in [2.24, 2.45) is 0 Å². The Morgan fingerprint density at radius 1 is 0.452 bits per heavy atom. The molecule has 0 radical (unpaired) electrons. The van der Waals surface area contributed by atoms with Crippen molar-refractivity contribution >= 4 is 8.60 Å². The summed E-state index contributed by atoms with van der Waals surface area (Å²) in [7, 11) is -2.62. The van der Waals surface area contributed by atoms with Crippen LogP contribution in [0.2, 0.25) is 0 Å². The van der Waals surface area contributed by atoms with Crippen LogP contribution in [0.25, 0.3) is 22.3 Å². The molecule has 0 aliphatic heterocycles. The van der Waals surface area contributed by atoms with E-state index in [1.54, 1.807) is 0 Å². The number of hydrogen-bond donors (Lipinski definition) is 2. The predicted molar refractivity (Wildman–Crippen MR) is 183 cm³/mol. The van der Waals surface area contributed by atoms with Crippen LogP contribution in [0.1, 0.15) is 132 Å². The topological polar surface area (TPSA) is 49.7 Å². The lowest BCUT2D eigenvalue weighted by atomic mass is 9.71. The Hall–Kier alpha value is -2.19. The van der Waals surface area contributed by atoms with Crippen LogP contribution in [0.5, 0.6) is 5.75 Å². The number of benzene rings is 3. The summed E-state index contributed by atoms with van der Waals surface area (Å²) in [6.07, 6.45) is 0. The molecule has 0 amide bonds. The van der Waals surface area contributed by atoms with E-state index in [2.05, 4.69) is 146 Å². The van der Waals surface area contributed by atoms with Crippen LogP contribution >= 0.6 is 8.60 Å². The highest BCUT2D eigenvalue weighted by molar-refractivity contribution is 7.39. The van der Waals surface area contributed by atoms with Crippen LogP contribution in [0.15, 0.2) is 48.5 Å². The van der Waals surface area contributed by atoms with Crippen molar-refractivity contribution in [2.75, 3.05) is 0 Å². The maximum absolute atomic E-state index is 10.2. The largest absolute Gasteiger partial charge is 0.426 e. The smallest absolute Gasteiger partial charge is 0.391 e. The third-order valence-corrected chi connectivity index (χ3v) is 8.44. The summed E-state index contributed by atoms with van der Waals surface area (Å²) >= 11 is 0. The van der Waals surface area contributed by atoms with Crippen molar-refractivity contribution in [1.82, 2.24) is 0 Å². The van der Waals surface area contributed by atoms with Crippen molar-refractivity contribution in [3.05, 3.63) is 76.3 Å². The molecule has 0 unspecified atom stereocenters. The summed E-state index contributed by atoms with van der Waals surface area (Å²) < 4.78 is 5.87. The molecule has 3 rings (SSSR count). The molecule has 0 heterocycles. The number of hydrogen-bond acceptors (Lipinski definition) is 3. The first kappa shape index (κ1) is 34.3. The third-order valence-electron chi connectivity index (χ3n) is 8.08. The van der Waals surface area contributed by atoms with Gasteiger partial charge in [0, 0.05) is 5.56 Å². The van der Waals surface area contributed by atoms with Crippen LogP contribution < -0.4 is 4.52 Å². The highest BCUT2D eigenvalue weighted by Crippen LogP contribution is 2.52. The first-order valence-electron chi connectivity index (χ1n) is 15.2. The summed E-state index contributed by atoms with van der Waals surface area (Å²) in [5, 5.41) is 0. The molecule has 2 N–H and O–H groups in total. The lowest BCUT2D eigenvalue weighted by molar-refractivity contribution is 0.375. The highest BCUT2D eigenvalue weighted by Gasteiger charge is 2.33. The average molecular weight is 591 g/mol. The van der Waals surface area contributed by atoms with Gasteiger partial charge >= 0.3 is 8.60 Å². The van der Waals surface area contributed by atoms with Gasteiger partial charge < -0.3 is 14.3 Å². The Balaban J connectivity index is 2.67. The van der Waals surface area contributed by atoms with E-state index in [9.17, 15) is 9.79 Å². The summed E-state index contributed by atoms with van der Waals surface area (Å²) in [6, 6.07) is 17.7. The Kier molecular flexibility index (Phi) is 9.30. The van der Waals surface area contributed by atoms with Crippen LogP contribution in [-0.2, 0) is 27.1 Å². The SMILES string of the molecule is CC(C)(C)c1ccc(-c2c(OP(O)O)ccc(C(C)(C)C)c2-c2ccc(C(C)(C)C)cc2C(C)(C)C)c(C(C)(C)C)c1. The second-order valence-electron chi connectivity index (χ2n) is 17.0. The van der Waals surface area contributed by atoms with Crippen LogP contribution in [-0.4, -0.2) is 9.79 Å². The maximum atomic E-state index is 10.2. The summed E-state index contributed by atoms with van der Waals surface area (Å²) in [4.78, 5) is 20.3. The first-order chi connectivity index (χ1) is 18.8. The average Bonchev–Trinajstić information content (AvgIpc) is 2.79. The fourth-order valence-electron chi connectivity index (χ4n) is 5.62. The van der Waals surface area contributed by atoms with Gasteiger partial charge in [0.1, 0.15) is 5.75 Å². The Morgan fingerprint density at radius 3 is 1.17 bits per heavy atom. The zero-order chi connectivity index (χ0) is 32.2. The fourth-order valence-corrected chi connectivity index (χ4v) is 5.95. The minimum Gasteiger partial charge on any atom is -0.426 e. The minimum absolute atomic E-state index is 0.00494. The molecule has 0 saturated carbocycles. The van der Waals surface area contributed by atoms with Crippen LogP contribution in [0.4, 0.5) is 0 Å². The fraction of sp³-hybridized carbons (Fsp3) is 0.526. The lowest BCUT2D eigenvalue weighted by Crippen LogP contribution is -2.20. The standard InChI is InChI=1S/C38H55O3P/c1-34(2,3)24-16-18-26(29(22-24)37(10,11)12)32-28(36(7,8)9)20-21-31(41-42(39)40)33(32)27-19-17-25(35(4,5)6)23-30(27)38(13,14)15/h16-23,39-40H,1-15H3. The van der Waals surface area contributed by atoms with Gasteiger partial charge in [0.15, 0.2) is 0 Å². The molecule has 42 heavy (non-hydrogen) atoms. The molecule has 0 aliphatic carbocycles. The van der Waals surface area contributed by atoms with Crippen molar-refractivity contribution in [3.63, 3.8) is 0 Å². The molecular formula is C38H55O3P. The molecule has 0 atom stereocenters. The van der Waals surface area contributed by atoms with Crippen molar-refractivity contribution in [3.8, 4) is 28.0 Å². The maximum Gasteiger partial charge on any atom is 0.391 e. The normalized spacial score (nSPS) is 13.6. The third kappa shape index (κ3) is 7.47. The van der Waals surface area contributed by atoms with Gasteiger partial charge in [-0.2, -0.15) is 0 Å². The van der Waals surface area contributed by atoms with Gasteiger partial charge in [0.25, 0.3) is 0 Å². The molecule has 3 aromatic carbocycles. The molecule has 3 nitrogen and oxygen atoms in total. The van der Waals surface area contributed by atoms with E-state index in [-0.39, 0.29) is 27.1 Å².